The van der Waals surface area contributed by atoms with Gasteiger partial charge in [0.25, 0.3) is 0 Å². The number of hydrogen-bond donors (Lipinski definition) is 2. The van der Waals surface area contributed by atoms with Gasteiger partial charge in [-0.25, -0.2) is 4.79 Å². The normalized spacial score (nSPS) is 8.55. The highest BCUT2D eigenvalue weighted by Gasteiger charge is 2.02. The third-order valence-electron chi connectivity index (χ3n) is 0.926. The summed E-state index contributed by atoms with van der Waals surface area (Å²) < 4.78 is 4.56. The van der Waals surface area contributed by atoms with E-state index in [1.54, 1.807) is 6.92 Å². The van der Waals surface area contributed by atoms with Gasteiger partial charge in [0, 0.05) is 9.90 Å². The molecule has 2 N–H and O–H groups in total. The molecule has 68 valence electrons. The second kappa shape index (κ2) is 5.52. The third kappa shape index (κ3) is 5.20. The van der Waals surface area contributed by atoms with Gasteiger partial charge in [0.15, 0.2) is 0 Å². The van der Waals surface area contributed by atoms with Crippen molar-refractivity contribution in [1.29, 1.82) is 0 Å². The second-order valence-corrected chi connectivity index (χ2v) is 1.74. The molecule has 0 aliphatic carbocycles. The van der Waals surface area contributed by atoms with Crippen molar-refractivity contribution >= 4 is 12.0 Å². The van der Waals surface area contributed by atoms with E-state index in [2.05, 4.69) is 15.4 Å². The molecule has 2 amide bonds. The van der Waals surface area contributed by atoms with Gasteiger partial charge in [0.1, 0.15) is 6.54 Å². The molecule has 0 aromatic heterocycles. The van der Waals surface area contributed by atoms with Gasteiger partial charge in [-0.1, -0.05) is 0 Å². The zero-order chi connectivity index (χ0) is 8.69. The number of ether oxygens (including phenoxy) is 1. The van der Waals surface area contributed by atoms with Crippen LogP contribution in [0.5, 0.6) is 0 Å². The van der Waals surface area contributed by atoms with Crippen LogP contribution in [-0.2, 0) is 9.53 Å². The van der Waals surface area contributed by atoms with Crippen molar-refractivity contribution in [2.24, 2.45) is 0 Å². The summed E-state index contributed by atoms with van der Waals surface area (Å²) in [5.41, 5.74) is 0. The summed E-state index contributed by atoms with van der Waals surface area (Å²) in [6, 6.07) is -0.391. The van der Waals surface area contributed by atoms with Crippen LogP contribution in [0.2, 0.25) is 0 Å². The fraction of sp³-hybridized carbons (Fsp3) is 0.667. The Kier molecular flexibility index (Phi) is 4.89. The minimum atomic E-state index is -0.434. The maximum absolute atomic E-state index is 10.6. The van der Waals surface area contributed by atoms with Crippen LogP contribution in [0.25, 0.3) is 0 Å². The molecular formula is C6H16N2O3. The zero-order valence-electron chi connectivity index (χ0n) is 6.64. The molecule has 0 atom stereocenters. The van der Waals surface area contributed by atoms with Crippen LogP contribution in [0, 0.1) is 0 Å². The van der Waals surface area contributed by atoms with Gasteiger partial charge in [0.2, 0.25) is 0 Å². The second-order valence-electron chi connectivity index (χ2n) is 1.74. The highest BCUT2D eigenvalue weighted by molar-refractivity contribution is 5.80. The summed E-state index contributed by atoms with van der Waals surface area (Å²) in [6.45, 7) is 1.94. The standard InChI is InChI=1S/C6H12N2O3.2H2/c1-3-11-5(9)4-8-6(10)7-2;;/h3-4H2,1-2H3,(H2,7,8,10);2*1H. The minimum Gasteiger partial charge on any atom is -0.465 e. The van der Waals surface area contributed by atoms with E-state index in [0.717, 1.165) is 0 Å². The van der Waals surface area contributed by atoms with Crippen molar-refractivity contribution in [3.05, 3.63) is 0 Å². The first-order valence-corrected chi connectivity index (χ1v) is 3.32. The van der Waals surface area contributed by atoms with Gasteiger partial charge in [-0.2, -0.15) is 0 Å². The average Bonchev–Trinajstić information content (AvgIpc) is 2.01. The monoisotopic (exact) mass is 164 g/mol. The molecule has 0 saturated heterocycles. The molecule has 0 rings (SSSR count). The maximum Gasteiger partial charge on any atom is 0.325 e. The summed E-state index contributed by atoms with van der Waals surface area (Å²) in [6.07, 6.45) is 0. The largest absolute Gasteiger partial charge is 0.465 e. The molecular weight excluding hydrogens is 148 g/mol. The number of amides is 2. The fourth-order valence-corrected chi connectivity index (χ4v) is 0.453. The van der Waals surface area contributed by atoms with Crippen molar-refractivity contribution in [1.82, 2.24) is 10.6 Å². The summed E-state index contributed by atoms with van der Waals surface area (Å²) in [5.74, 6) is -0.434. The quantitative estimate of drug-likeness (QED) is 0.575. The lowest BCUT2D eigenvalue weighted by atomic mass is 10.6. The molecule has 0 aliphatic heterocycles. The van der Waals surface area contributed by atoms with Gasteiger partial charge in [-0.3, -0.25) is 4.79 Å². The fourth-order valence-electron chi connectivity index (χ4n) is 0.453. The molecule has 5 heteroatoms. The Morgan fingerprint density at radius 2 is 2.18 bits per heavy atom. The van der Waals surface area contributed by atoms with Gasteiger partial charge in [-0.05, 0) is 6.92 Å². The van der Waals surface area contributed by atoms with Crippen LogP contribution in [-0.4, -0.2) is 32.2 Å². The predicted octanol–water partition coefficient (Wildman–Crippen LogP) is -0.0295. The van der Waals surface area contributed by atoms with Crippen LogP contribution in [0.15, 0.2) is 0 Å². The molecule has 5 nitrogen and oxygen atoms in total. The van der Waals surface area contributed by atoms with Crippen molar-refractivity contribution in [2.75, 3.05) is 20.2 Å². The van der Waals surface area contributed by atoms with E-state index in [1.807, 2.05) is 0 Å². The molecule has 0 radical (unpaired) electrons. The molecule has 0 aliphatic rings. The van der Waals surface area contributed by atoms with Crippen molar-refractivity contribution in [2.45, 2.75) is 6.92 Å². The van der Waals surface area contributed by atoms with E-state index in [0.29, 0.717) is 6.61 Å². The van der Waals surface area contributed by atoms with E-state index in [4.69, 9.17) is 0 Å². The zero-order valence-corrected chi connectivity index (χ0v) is 6.64. The lowest BCUT2D eigenvalue weighted by molar-refractivity contribution is -0.141. The minimum absolute atomic E-state index is 0. The first-order valence-electron chi connectivity index (χ1n) is 3.32. The van der Waals surface area contributed by atoms with Crippen molar-refractivity contribution in [3.63, 3.8) is 0 Å². The van der Waals surface area contributed by atoms with Gasteiger partial charge in [0.05, 0.1) is 6.61 Å². The Morgan fingerprint density at radius 1 is 1.55 bits per heavy atom. The van der Waals surface area contributed by atoms with Gasteiger partial charge < -0.3 is 15.4 Å². The van der Waals surface area contributed by atoms with Gasteiger partial charge >= 0.3 is 12.0 Å². The average molecular weight is 164 g/mol. The number of urea groups is 1. The first kappa shape index (κ1) is 9.74. The number of hydrogen-bond acceptors (Lipinski definition) is 3. The highest BCUT2D eigenvalue weighted by Crippen LogP contribution is 1.74. The number of rotatable bonds is 3. The molecule has 0 aromatic rings. The Labute approximate surface area is 68.1 Å². The third-order valence-corrected chi connectivity index (χ3v) is 0.926. The maximum atomic E-state index is 10.6. The van der Waals surface area contributed by atoms with Crippen LogP contribution in [0.4, 0.5) is 4.79 Å². The molecule has 0 heterocycles. The van der Waals surface area contributed by atoms with E-state index in [9.17, 15) is 9.59 Å². The highest BCUT2D eigenvalue weighted by atomic mass is 16.5. The SMILES string of the molecule is CCOC(=O)CNC(=O)NC.[HH].[HH]. The van der Waals surface area contributed by atoms with Crippen molar-refractivity contribution < 1.29 is 17.2 Å². The smallest absolute Gasteiger partial charge is 0.325 e. The molecule has 0 fully saturated rings. The number of nitrogens with one attached hydrogen (secondary N) is 2. The predicted molar refractivity (Wildman–Crippen MR) is 43.3 cm³/mol. The molecule has 0 aromatic carbocycles. The Balaban J connectivity index is -0.000000500. The number of carbonyl (C=O) groups is 2. The van der Waals surface area contributed by atoms with Gasteiger partial charge in [-0.15, -0.1) is 0 Å². The topological polar surface area (TPSA) is 67.4 Å². The van der Waals surface area contributed by atoms with Crippen molar-refractivity contribution in [3.8, 4) is 0 Å². The van der Waals surface area contributed by atoms with E-state index in [-0.39, 0.29) is 9.40 Å². The number of esters is 1. The van der Waals surface area contributed by atoms with Crippen LogP contribution in [0.1, 0.15) is 9.78 Å². The number of carbonyl (C=O) groups excluding carboxylic acids is 2. The van der Waals surface area contributed by atoms with Crippen LogP contribution < -0.4 is 10.6 Å². The lowest BCUT2D eigenvalue weighted by Gasteiger charge is -2.02. The van der Waals surface area contributed by atoms with E-state index < -0.39 is 12.0 Å². The summed E-state index contributed by atoms with van der Waals surface area (Å²) in [5, 5.41) is 4.60. The Bertz CT molecular complexity index is 155. The summed E-state index contributed by atoms with van der Waals surface area (Å²) in [7, 11) is 1.47. The van der Waals surface area contributed by atoms with E-state index >= 15 is 0 Å². The molecule has 11 heavy (non-hydrogen) atoms. The Morgan fingerprint density at radius 3 is 2.64 bits per heavy atom. The van der Waals surface area contributed by atoms with E-state index in [1.165, 1.54) is 7.05 Å². The molecule has 0 bridgehead atoms. The summed E-state index contributed by atoms with van der Waals surface area (Å²) in [4.78, 5) is 21.1. The van der Waals surface area contributed by atoms with Crippen LogP contribution in [0.3, 0.4) is 0 Å². The molecule has 0 saturated carbocycles. The Hall–Kier alpha value is -1.26. The van der Waals surface area contributed by atoms with Crippen LogP contribution >= 0.6 is 0 Å². The lowest BCUT2D eigenvalue weighted by Crippen LogP contribution is -2.36. The molecule has 0 spiro atoms. The summed E-state index contributed by atoms with van der Waals surface area (Å²) >= 11 is 0. The first-order chi connectivity index (χ1) is 5.20. The molecule has 0 unspecified atom stereocenters.